The zero-order valence-corrected chi connectivity index (χ0v) is 21.0. The minimum atomic E-state index is -0.206. The second kappa shape index (κ2) is 8.30. The van der Waals surface area contributed by atoms with Crippen molar-refractivity contribution < 1.29 is 0 Å². The molecular formula is C31H40. The quantitative estimate of drug-likeness (QED) is 0.376. The van der Waals surface area contributed by atoms with Crippen LogP contribution in [0, 0.1) is 0 Å². The van der Waals surface area contributed by atoms with Crippen molar-refractivity contribution in [3.05, 3.63) is 106 Å². The van der Waals surface area contributed by atoms with E-state index >= 15 is 0 Å². The summed E-state index contributed by atoms with van der Waals surface area (Å²) >= 11 is 0. The standard InChI is InChI=1S/C31H40/c1-22(2)23-10-12-26(13-11-23)31(9,27-18-14-24(15-19-27)29(3,4)5)28-20-16-25(17-21-28)30(6,7)8/h10-22H,1-9H3. The molecule has 0 nitrogen and oxygen atoms in total. The first-order valence-corrected chi connectivity index (χ1v) is 11.7. The van der Waals surface area contributed by atoms with Gasteiger partial charge in [0.15, 0.2) is 0 Å². The van der Waals surface area contributed by atoms with E-state index in [0.29, 0.717) is 5.92 Å². The number of benzene rings is 3. The first-order chi connectivity index (χ1) is 14.3. The summed E-state index contributed by atoms with van der Waals surface area (Å²) in [6, 6.07) is 27.8. The van der Waals surface area contributed by atoms with Crippen LogP contribution in [0.15, 0.2) is 72.8 Å². The molecule has 0 atom stereocenters. The highest BCUT2D eigenvalue weighted by molar-refractivity contribution is 5.51. The minimum Gasteiger partial charge on any atom is -0.0587 e. The van der Waals surface area contributed by atoms with Crippen molar-refractivity contribution in [2.75, 3.05) is 0 Å². The Labute approximate surface area is 190 Å². The van der Waals surface area contributed by atoms with Gasteiger partial charge in [0.1, 0.15) is 0 Å². The Morgan fingerprint density at radius 2 is 0.677 bits per heavy atom. The van der Waals surface area contributed by atoms with Gasteiger partial charge in [-0.1, -0.05) is 128 Å². The van der Waals surface area contributed by atoms with Gasteiger partial charge >= 0.3 is 0 Å². The predicted octanol–water partition coefficient (Wildman–Crippen LogP) is 8.76. The van der Waals surface area contributed by atoms with Gasteiger partial charge in [-0.3, -0.25) is 0 Å². The normalized spacial score (nSPS) is 13.0. The second-order valence-electron chi connectivity index (χ2n) is 11.6. The van der Waals surface area contributed by atoms with Gasteiger partial charge in [0.05, 0.1) is 0 Å². The van der Waals surface area contributed by atoms with Crippen LogP contribution in [0.2, 0.25) is 0 Å². The Kier molecular flexibility index (Phi) is 6.25. The fourth-order valence-electron chi connectivity index (χ4n) is 4.31. The first-order valence-electron chi connectivity index (χ1n) is 11.7. The Bertz CT molecular complexity index is 929. The zero-order chi connectivity index (χ0) is 23.0. The molecule has 0 fully saturated rings. The van der Waals surface area contributed by atoms with Crippen LogP contribution in [0.3, 0.4) is 0 Å². The molecule has 0 saturated heterocycles. The first kappa shape index (κ1) is 23.3. The Balaban J connectivity index is 2.16. The van der Waals surface area contributed by atoms with Crippen molar-refractivity contribution in [2.24, 2.45) is 0 Å². The topological polar surface area (TPSA) is 0 Å². The maximum atomic E-state index is 2.37. The summed E-state index contributed by atoms with van der Waals surface area (Å²) in [5, 5.41) is 0. The van der Waals surface area contributed by atoms with Crippen molar-refractivity contribution in [3.8, 4) is 0 Å². The molecule has 0 aliphatic heterocycles. The van der Waals surface area contributed by atoms with Crippen LogP contribution in [0.5, 0.6) is 0 Å². The monoisotopic (exact) mass is 412 g/mol. The highest BCUT2D eigenvalue weighted by Crippen LogP contribution is 2.40. The summed E-state index contributed by atoms with van der Waals surface area (Å²) in [6.45, 7) is 20.5. The van der Waals surface area contributed by atoms with Gasteiger partial charge in [-0.05, 0) is 57.1 Å². The third-order valence-corrected chi connectivity index (χ3v) is 6.81. The van der Waals surface area contributed by atoms with E-state index in [0.717, 1.165) is 0 Å². The third-order valence-electron chi connectivity index (χ3n) is 6.81. The van der Waals surface area contributed by atoms with Gasteiger partial charge in [0, 0.05) is 5.41 Å². The molecule has 0 spiro atoms. The summed E-state index contributed by atoms with van der Waals surface area (Å²) in [6.07, 6.45) is 0. The summed E-state index contributed by atoms with van der Waals surface area (Å²) in [5.74, 6) is 0.539. The number of rotatable bonds is 4. The van der Waals surface area contributed by atoms with Crippen molar-refractivity contribution in [3.63, 3.8) is 0 Å². The molecule has 31 heavy (non-hydrogen) atoms. The lowest BCUT2D eigenvalue weighted by Gasteiger charge is -2.33. The molecule has 0 heteroatoms. The molecule has 0 amide bonds. The smallest absolute Gasteiger partial charge is 0.0423 e. The van der Waals surface area contributed by atoms with E-state index in [1.54, 1.807) is 0 Å². The predicted molar refractivity (Wildman–Crippen MR) is 136 cm³/mol. The fraction of sp³-hybridized carbons (Fsp3) is 0.419. The average Bonchev–Trinajstić information content (AvgIpc) is 2.72. The SMILES string of the molecule is CC(C)c1ccc(C(C)(c2ccc(C(C)(C)C)cc2)c2ccc(C(C)(C)C)cc2)cc1. The zero-order valence-electron chi connectivity index (χ0n) is 21.0. The lowest BCUT2D eigenvalue weighted by Crippen LogP contribution is -2.26. The number of hydrogen-bond donors (Lipinski definition) is 0. The lowest BCUT2D eigenvalue weighted by atomic mass is 9.69. The molecule has 0 saturated carbocycles. The molecule has 0 bridgehead atoms. The van der Waals surface area contributed by atoms with Crippen LogP contribution in [0.4, 0.5) is 0 Å². The van der Waals surface area contributed by atoms with E-state index in [1.807, 2.05) is 0 Å². The molecule has 0 radical (unpaired) electrons. The van der Waals surface area contributed by atoms with E-state index < -0.39 is 0 Å². The molecule has 164 valence electrons. The molecule has 0 aliphatic carbocycles. The van der Waals surface area contributed by atoms with E-state index in [9.17, 15) is 0 Å². The molecular weight excluding hydrogens is 372 g/mol. The molecule has 0 aromatic heterocycles. The minimum absolute atomic E-state index is 0.155. The summed E-state index contributed by atoms with van der Waals surface area (Å²) in [4.78, 5) is 0. The van der Waals surface area contributed by atoms with Crippen molar-refractivity contribution >= 4 is 0 Å². The molecule has 0 aliphatic rings. The van der Waals surface area contributed by atoms with Crippen molar-refractivity contribution in [2.45, 2.75) is 84.5 Å². The van der Waals surface area contributed by atoms with Gasteiger partial charge in [-0.15, -0.1) is 0 Å². The molecule has 0 heterocycles. The Hall–Kier alpha value is -2.34. The maximum Gasteiger partial charge on any atom is 0.0423 e. The number of hydrogen-bond acceptors (Lipinski definition) is 0. The van der Waals surface area contributed by atoms with E-state index in [1.165, 1.54) is 33.4 Å². The van der Waals surface area contributed by atoms with Crippen molar-refractivity contribution in [1.82, 2.24) is 0 Å². The van der Waals surface area contributed by atoms with Crippen LogP contribution >= 0.6 is 0 Å². The van der Waals surface area contributed by atoms with Crippen molar-refractivity contribution in [1.29, 1.82) is 0 Å². The van der Waals surface area contributed by atoms with Gasteiger partial charge < -0.3 is 0 Å². The van der Waals surface area contributed by atoms with Crippen LogP contribution in [-0.2, 0) is 16.2 Å². The van der Waals surface area contributed by atoms with Crippen LogP contribution in [0.1, 0.15) is 102 Å². The summed E-state index contributed by atoms with van der Waals surface area (Å²) in [7, 11) is 0. The van der Waals surface area contributed by atoms with Gasteiger partial charge in [0.2, 0.25) is 0 Å². The molecule has 3 rings (SSSR count). The fourth-order valence-corrected chi connectivity index (χ4v) is 4.31. The highest BCUT2D eigenvalue weighted by atomic mass is 14.3. The maximum absolute atomic E-state index is 2.37. The van der Waals surface area contributed by atoms with Crippen LogP contribution in [0.25, 0.3) is 0 Å². The van der Waals surface area contributed by atoms with Crippen LogP contribution < -0.4 is 0 Å². The summed E-state index contributed by atoms with van der Waals surface area (Å²) < 4.78 is 0. The second-order valence-corrected chi connectivity index (χ2v) is 11.6. The Morgan fingerprint density at radius 3 is 0.935 bits per heavy atom. The molecule has 3 aromatic carbocycles. The molecule has 3 aromatic rings. The largest absolute Gasteiger partial charge is 0.0587 e. The van der Waals surface area contributed by atoms with E-state index in [2.05, 4.69) is 135 Å². The van der Waals surface area contributed by atoms with Gasteiger partial charge in [0.25, 0.3) is 0 Å². The van der Waals surface area contributed by atoms with Gasteiger partial charge in [-0.2, -0.15) is 0 Å². The highest BCUT2D eigenvalue weighted by Gasteiger charge is 2.32. The molecule has 0 unspecified atom stereocenters. The van der Waals surface area contributed by atoms with Gasteiger partial charge in [-0.25, -0.2) is 0 Å². The lowest BCUT2D eigenvalue weighted by molar-refractivity contribution is 0.587. The Morgan fingerprint density at radius 1 is 0.419 bits per heavy atom. The van der Waals surface area contributed by atoms with Crippen LogP contribution in [-0.4, -0.2) is 0 Å². The third kappa shape index (κ3) is 4.79. The molecule has 0 N–H and O–H groups in total. The van der Waals surface area contributed by atoms with E-state index in [4.69, 9.17) is 0 Å². The average molecular weight is 413 g/mol. The summed E-state index contributed by atoms with van der Waals surface area (Å²) in [5.41, 5.74) is 8.24. The van der Waals surface area contributed by atoms with E-state index in [-0.39, 0.29) is 16.2 Å².